The van der Waals surface area contributed by atoms with Crippen LogP contribution in [-0.4, -0.2) is 0 Å². The molecule has 0 bridgehead atoms. The zero-order valence-electron chi connectivity index (χ0n) is 13.2. The van der Waals surface area contributed by atoms with E-state index in [4.69, 9.17) is 0 Å². The van der Waals surface area contributed by atoms with E-state index in [0.29, 0.717) is 5.41 Å². The topological polar surface area (TPSA) is 0 Å². The van der Waals surface area contributed by atoms with Crippen molar-refractivity contribution in [2.75, 3.05) is 0 Å². The molecule has 3 aliphatic carbocycles. The molecule has 4 atom stereocenters. The fraction of sp³-hybridized carbons (Fsp3) is 0.700. The molecule has 3 rings (SSSR count). The maximum absolute atomic E-state index is 3.98. The third-order valence-corrected chi connectivity index (χ3v) is 6.62. The Kier molecular flexibility index (Phi) is 3.93. The van der Waals surface area contributed by atoms with Gasteiger partial charge >= 0.3 is 0 Å². The van der Waals surface area contributed by atoms with Gasteiger partial charge in [-0.2, -0.15) is 0 Å². The molecule has 20 heavy (non-hydrogen) atoms. The standard InChI is InChI=1S/C20H30/c1-4-9-15-14-19(18-13-8-7-12-17(15)18)20(2,3)16-10-5-6-11-16/h4,7-8,12-13,15-19H,1,5-6,9-11,14H2,2-3H3. The molecule has 0 nitrogen and oxygen atoms in total. The Morgan fingerprint density at radius 2 is 1.75 bits per heavy atom. The smallest absolute Gasteiger partial charge is 0.0131 e. The minimum absolute atomic E-state index is 0.505. The van der Waals surface area contributed by atoms with E-state index in [9.17, 15) is 0 Å². The van der Waals surface area contributed by atoms with Crippen LogP contribution < -0.4 is 0 Å². The van der Waals surface area contributed by atoms with Crippen molar-refractivity contribution in [1.29, 1.82) is 0 Å². The summed E-state index contributed by atoms with van der Waals surface area (Å²) in [5, 5.41) is 0. The lowest BCUT2D eigenvalue weighted by atomic mass is 9.64. The first-order valence-corrected chi connectivity index (χ1v) is 8.60. The zero-order valence-corrected chi connectivity index (χ0v) is 13.2. The Morgan fingerprint density at radius 3 is 2.40 bits per heavy atom. The lowest BCUT2D eigenvalue weighted by Gasteiger charge is -2.41. The zero-order chi connectivity index (χ0) is 14.2. The van der Waals surface area contributed by atoms with Crippen LogP contribution in [0, 0.1) is 35.0 Å². The summed E-state index contributed by atoms with van der Waals surface area (Å²) >= 11 is 0. The van der Waals surface area contributed by atoms with Crippen LogP contribution in [0.4, 0.5) is 0 Å². The number of fused-ring (bicyclic) bond motifs is 1. The van der Waals surface area contributed by atoms with Crippen LogP contribution in [0.15, 0.2) is 37.0 Å². The van der Waals surface area contributed by atoms with Gasteiger partial charge in [0.25, 0.3) is 0 Å². The summed E-state index contributed by atoms with van der Waals surface area (Å²) in [7, 11) is 0. The van der Waals surface area contributed by atoms with E-state index in [0.717, 1.165) is 29.6 Å². The molecular weight excluding hydrogens is 240 g/mol. The molecule has 0 N–H and O–H groups in total. The van der Waals surface area contributed by atoms with Crippen molar-refractivity contribution in [3.05, 3.63) is 37.0 Å². The second-order valence-corrected chi connectivity index (χ2v) is 7.85. The lowest BCUT2D eigenvalue weighted by molar-refractivity contribution is 0.0950. The van der Waals surface area contributed by atoms with Gasteiger partial charge in [-0.25, -0.2) is 0 Å². The normalized spacial score (nSPS) is 37.3. The van der Waals surface area contributed by atoms with Gasteiger partial charge in [-0.05, 0) is 60.7 Å². The number of hydrogen-bond acceptors (Lipinski definition) is 0. The van der Waals surface area contributed by atoms with Gasteiger partial charge in [0, 0.05) is 0 Å². The van der Waals surface area contributed by atoms with Crippen LogP contribution in [0.2, 0.25) is 0 Å². The van der Waals surface area contributed by atoms with Crippen LogP contribution in [0.5, 0.6) is 0 Å². The minimum atomic E-state index is 0.505. The van der Waals surface area contributed by atoms with E-state index in [2.05, 4.69) is 50.8 Å². The minimum Gasteiger partial charge on any atom is -0.103 e. The maximum atomic E-state index is 3.98. The molecule has 2 saturated carbocycles. The van der Waals surface area contributed by atoms with E-state index >= 15 is 0 Å². The summed E-state index contributed by atoms with van der Waals surface area (Å²) in [6.45, 7) is 9.11. The third kappa shape index (κ3) is 2.32. The SMILES string of the molecule is C=CCC1CC(C(C)(C)C2CCCC2)C2C=CC=CC12. The molecule has 0 aliphatic heterocycles. The molecule has 0 aromatic heterocycles. The summed E-state index contributed by atoms with van der Waals surface area (Å²) in [5.41, 5.74) is 0.505. The van der Waals surface area contributed by atoms with E-state index in [1.807, 2.05) is 0 Å². The van der Waals surface area contributed by atoms with Crippen molar-refractivity contribution in [1.82, 2.24) is 0 Å². The van der Waals surface area contributed by atoms with E-state index in [1.54, 1.807) is 0 Å². The highest BCUT2D eigenvalue weighted by Gasteiger charge is 2.49. The van der Waals surface area contributed by atoms with Crippen LogP contribution in [0.1, 0.15) is 52.4 Å². The maximum Gasteiger partial charge on any atom is -0.0131 e. The third-order valence-electron chi connectivity index (χ3n) is 6.62. The first kappa shape index (κ1) is 14.2. The quantitative estimate of drug-likeness (QED) is 0.569. The average molecular weight is 270 g/mol. The molecule has 0 radical (unpaired) electrons. The fourth-order valence-corrected chi connectivity index (χ4v) is 5.40. The molecule has 0 aromatic carbocycles. The van der Waals surface area contributed by atoms with E-state index in [1.165, 1.54) is 38.5 Å². The van der Waals surface area contributed by atoms with Crippen LogP contribution in [0.3, 0.4) is 0 Å². The molecule has 0 heteroatoms. The first-order chi connectivity index (χ1) is 9.64. The van der Waals surface area contributed by atoms with Gasteiger partial charge in [-0.15, -0.1) is 6.58 Å². The van der Waals surface area contributed by atoms with Gasteiger partial charge in [-0.3, -0.25) is 0 Å². The van der Waals surface area contributed by atoms with Crippen molar-refractivity contribution in [2.45, 2.75) is 52.4 Å². The van der Waals surface area contributed by atoms with Gasteiger partial charge in [-0.1, -0.05) is 57.1 Å². The summed E-state index contributed by atoms with van der Waals surface area (Å²) in [6.07, 6.45) is 20.1. The molecule has 0 spiro atoms. The Labute approximate surface area is 125 Å². The van der Waals surface area contributed by atoms with Gasteiger partial charge in [0.2, 0.25) is 0 Å². The highest BCUT2D eigenvalue weighted by Crippen LogP contribution is 2.57. The Balaban J connectivity index is 1.83. The summed E-state index contributed by atoms with van der Waals surface area (Å²) in [4.78, 5) is 0. The van der Waals surface area contributed by atoms with E-state index < -0.39 is 0 Å². The molecule has 3 aliphatic rings. The van der Waals surface area contributed by atoms with Crippen molar-refractivity contribution in [3.63, 3.8) is 0 Å². The predicted octanol–water partition coefficient (Wildman–Crippen LogP) is 5.77. The van der Waals surface area contributed by atoms with Gasteiger partial charge < -0.3 is 0 Å². The molecule has 0 heterocycles. The Hall–Kier alpha value is -0.780. The predicted molar refractivity (Wildman–Crippen MR) is 87.4 cm³/mol. The van der Waals surface area contributed by atoms with Crippen molar-refractivity contribution in [2.24, 2.45) is 35.0 Å². The molecule has 110 valence electrons. The summed E-state index contributed by atoms with van der Waals surface area (Å²) in [5.74, 6) is 4.19. The summed E-state index contributed by atoms with van der Waals surface area (Å²) in [6, 6.07) is 0. The lowest BCUT2D eigenvalue weighted by Crippen LogP contribution is -2.34. The van der Waals surface area contributed by atoms with Crippen molar-refractivity contribution >= 4 is 0 Å². The molecule has 0 aromatic rings. The second-order valence-electron chi connectivity index (χ2n) is 7.85. The van der Waals surface area contributed by atoms with Gasteiger partial charge in [0.1, 0.15) is 0 Å². The first-order valence-electron chi connectivity index (χ1n) is 8.60. The largest absolute Gasteiger partial charge is 0.103 e. The van der Waals surface area contributed by atoms with Crippen LogP contribution >= 0.6 is 0 Å². The Bertz CT molecular complexity index is 406. The summed E-state index contributed by atoms with van der Waals surface area (Å²) < 4.78 is 0. The van der Waals surface area contributed by atoms with Crippen molar-refractivity contribution < 1.29 is 0 Å². The highest BCUT2D eigenvalue weighted by atomic mass is 14.5. The monoisotopic (exact) mass is 270 g/mol. The average Bonchev–Trinajstić information content (AvgIpc) is 3.08. The molecular formula is C20H30. The van der Waals surface area contributed by atoms with E-state index in [-0.39, 0.29) is 0 Å². The van der Waals surface area contributed by atoms with Gasteiger partial charge in [0.05, 0.1) is 0 Å². The number of hydrogen-bond donors (Lipinski definition) is 0. The van der Waals surface area contributed by atoms with Crippen LogP contribution in [-0.2, 0) is 0 Å². The fourth-order valence-electron chi connectivity index (χ4n) is 5.40. The van der Waals surface area contributed by atoms with Crippen molar-refractivity contribution in [3.8, 4) is 0 Å². The molecule has 4 unspecified atom stereocenters. The molecule has 2 fully saturated rings. The molecule has 0 amide bonds. The molecule has 0 saturated heterocycles. The second kappa shape index (κ2) is 5.54. The number of allylic oxidation sites excluding steroid dienone is 5. The Morgan fingerprint density at radius 1 is 1.10 bits per heavy atom. The number of rotatable bonds is 4. The van der Waals surface area contributed by atoms with Gasteiger partial charge in [0.15, 0.2) is 0 Å². The highest BCUT2D eigenvalue weighted by molar-refractivity contribution is 5.20. The van der Waals surface area contributed by atoms with Crippen LogP contribution in [0.25, 0.3) is 0 Å².